The Kier molecular flexibility index (Phi) is 7.02. The van der Waals surface area contributed by atoms with Gasteiger partial charge in [0, 0.05) is 6.54 Å². The van der Waals surface area contributed by atoms with E-state index >= 15 is 0 Å². The van der Waals surface area contributed by atoms with Crippen LogP contribution in [0.15, 0.2) is 47.4 Å². The van der Waals surface area contributed by atoms with Crippen molar-refractivity contribution >= 4 is 10.0 Å². The zero-order valence-corrected chi connectivity index (χ0v) is 14.3. The second-order valence-corrected chi connectivity index (χ2v) is 6.31. The van der Waals surface area contributed by atoms with E-state index in [-0.39, 0.29) is 4.90 Å². The first-order valence-electron chi connectivity index (χ1n) is 6.82. The second-order valence-electron chi connectivity index (χ2n) is 4.75. The van der Waals surface area contributed by atoms with Crippen LogP contribution in [-0.4, -0.2) is 22.6 Å². The standard InChI is InChI=1S/C9H13NO2.C7H9NO2S/c1-11-8-4-3-7(6-10)5-9(8)12-2;1-6-2-4-7(5-3-6)11(8,9)10/h3-5H,6,10H2,1-2H3;2-5H,1H3,(H2,8,9,10). The number of primary sulfonamides is 1. The third-order valence-electron chi connectivity index (χ3n) is 3.03. The highest BCUT2D eigenvalue weighted by molar-refractivity contribution is 7.89. The fourth-order valence-electron chi connectivity index (χ4n) is 1.74. The molecule has 2 aromatic rings. The van der Waals surface area contributed by atoms with Crippen LogP contribution < -0.4 is 20.3 Å². The van der Waals surface area contributed by atoms with Crippen molar-refractivity contribution in [3.8, 4) is 11.5 Å². The van der Waals surface area contributed by atoms with Crippen molar-refractivity contribution in [1.82, 2.24) is 0 Å². The number of hydrogen-bond acceptors (Lipinski definition) is 5. The second kappa shape index (κ2) is 8.52. The summed E-state index contributed by atoms with van der Waals surface area (Å²) < 4.78 is 31.6. The minimum atomic E-state index is -3.52. The lowest BCUT2D eigenvalue weighted by molar-refractivity contribution is 0.354. The first-order valence-corrected chi connectivity index (χ1v) is 8.37. The van der Waals surface area contributed by atoms with Crippen LogP contribution in [0.1, 0.15) is 11.1 Å². The topological polar surface area (TPSA) is 105 Å². The van der Waals surface area contributed by atoms with Gasteiger partial charge in [0.25, 0.3) is 0 Å². The number of benzene rings is 2. The monoisotopic (exact) mass is 338 g/mol. The Labute approximate surface area is 137 Å². The van der Waals surface area contributed by atoms with Crippen molar-refractivity contribution in [2.75, 3.05) is 14.2 Å². The molecule has 0 aromatic heterocycles. The Morgan fingerprint density at radius 3 is 1.96 bits per heavy atom. The highest BCUT2D eigenvalue weighted by Gasteiger charge is 2.05. The molecule has 0 aliphatic rings. The first kappa shape index (κ1) is 19.0. The maximum Gasteiger partial charge on any atom is 0.238 e. The van der Waals surface area contributed by atoms with Crippen molar-refractivity contribution in [3.63, 3.8) is 0 Å². The maximum atomic E-state index is 10.7. The number of aryl methyl sites for hydroxylation is 1. The maximum absolute atomic E-state index is 10.7. The predicted octanol–water partition coefficient (Wildman–Crippen LogP) is 1.80. The van der Waals surface area contributed by atoms with E-state index < -0.39 is 10.0 Å². The molecule has 0 atom stereocenters. The molecule has 126 valence electrons. The molecular formula is C16H22N2O4S. The molecule has 0 radical (unpaired) electrons. The fourth-order valence-corrected chi connectivity index (χ4v) is 2.25. The summed E-state index contributed by atoms with van der Waals surface area (Å²) >= 11 is 0. The predicted molar refractivity (Wildman–Crippen MR) is 90.0 cm³/mol. The summed E-state index contributed by atoms with van der Waals surface area (Å²) in [5.41, 5.74) is 7.51. The smallest absolute Gasteiger partial charge is 0.238 e. The number of nitrogens with two attached hydrogens (primary N) is 2. The first-order chi connectivity index (χ1) is 10.8. The summed E-state index contributed by atoms with van der Waals surface area (Å²) in [6.45, 7) is 2.40. The number of hydrogen-bond donors (Lipinski definition) is 2. The lowest BCUT2D eigenvalue weighted by Crippen LogP contribution is -2.11. The lowest BCUT2D eigenvalue weighted by atomic mass is 10.2. The van der Waals surface area contributed by atoms with E-state index in [0.29, 0.717) is 6.54 Å². The summed E-state index contributed by atoms with van der Waals surface area (Å²) in [6, 6.07) is 12.0. The summed E-state index contributed by atoms with van der Waals surface area (Å²) in [4.78, 5) is 0.156. The Bertz CT molecular complexity index is 728. The van der Waals surface area contributed by atoms with Crippen molar-refractivity contribution in [1.29, 1.82) is 0 Å². The SMILES string of the molecule is COc1ccc(CN)cc1OC.Cc1ccc(S(N)(=O)=O)cc1. The van der Waals surface area contributed by atoms with Gasteiger partial charge in [-0.25, -0.2) is 13.6 Å². The van der Waals surface area contributed by atoms with Gasteiger partial charge in [-0.2, -0.15) is 0 Å². The lowest BCUT2D eigenvalue weighted by Gasteiger charge is -2.07. The van der Waals surface area contributed by atoms with Crippen LogP contribution in [0.4, 0.5) is 0 Å². The van der Waals surface area contributed by atoms with E-state index in [2.05, 4.69) is 0 Å². The number of ether oxygens (including phenoxy) is 2. The van der Waals surface area contributed by atoms with E-state index in [1.54, 1.807) is 26.4 Å². The largest absolute Gasteiger partial charge is 0.493 e. The van der Waals surface area contributed by atoms with Crippen molar-refractivity contribution < 1.29 is 17.9 Å². The summed E-state index contributed by atoms with van der Waals surface area (Å²) in [5.74, 6) is 1.45. The minimum absolute atomic E-state index is 0.156. The minimum Gasteiger partial charge on any atom is -0.493 e. The van der Waals surface area contributed by atoms with Crippen molar-refractivity contribution in [2.45, 2.75) is 18.4 Å². The normalized spacial score (nSPS) is 10.5. The Balaban J connectivity index is 0.000000231. The molecule has 0 aliphatic carbocycles. The van der Waals surface area contributed by atoms with Gasteiger partial charge in [0.05, 0.1) is 19.1 Å². The van der Waals surface area contributed by atoms with E-state index in [9.17, 15) is 8.42 Å². The molecule has 0 saturated carbocycles. The van der Waals surface area contributed by atoms with Gasteiger partial charge < -0.3 is 15.2 Å². The highest BCUT2D eigenvalue weighted by atomic mass is 32.2. The van der Waals surface area contributed by atoms with Crippen LogP contribution >= 0.6 is 0 Å². The van der Waals surface area contributed by atoms with E-state index in [1.807, 2.05) is 25.1 Å². The molecule has 2 aromatic carbocycles. The van der Waals surface area contributed by atoms with Crippen molar-refractivity contribution in [2.24, 2.45) is 10.9 Å². The zero-order valence-electron chi connectivity index (χ0n) is 13.4. The van der Waals surface area contributed by atoms with Gasteiger partial charge in [0.1, 0.15) is 0 Å². The molecule has 0 aliphatic heterocycles. The van der Waals surface area contributed by atoms with Gasteiger partial charge >= 0.3 is 0 Å². The molecule has 0 amide bonds. The van der Waals surface area contributed by atoms with Gasteiger partial charge in [0.2, 0.25) is 10.0 Å². The molecule has 23 heavy (non-hydrogen) atoms. The fraction of sp³-hybridized carbons (Fsp3) is 0.250. The molecule has 4 N–H and O–H groups in total. The molecule has 0 fully saturated rings. The van der Waals surface area contributed by atoms with Crippen LogP contribution in [0.5, 0.6) is 11.5 Å². The number of sulfonamides is 1. The van der Waals surface area contributed by atoms with Crippen LogP contribution in [0.3, 0.4) is 0 Å². The molecule has 0 saturated heterocycles. The molecule has 0 spiro atoms. The van der Waals surface area contributed by atoms with Crippen LogP contribution in [0.2, 0.25) is 0 Å². The van der Waals surface area contributed by atoms with E-state index in [1.165, 1.54) is 12.1 Å². The Hall–Kier alpha value is -2.09. The number of rotatable bonds is 4. The third kappa shape index (κ3) is 5.90. The zero-order chi connectivity index (χ0) is 17.5. The average Bonchev–Trinajstić information content (AvgIpc) is 2.54. The Morgan fingerprint density at radius 2 is 1.52 bits per heavy atom. The van der Waals surface area contributed by atoms with Crippen LogP contribution in [-0.2, 0) is 16.6 Å². The quantitative estimate of drug-likeness (QED) is 0.884. The third-order valence-corrected chi connectivity index (χ3v) is 3.96. The molecule has 6 nitrogen and oxygen atoms in total. The summed E-state index contributed by atoms with van der Waals surface area (Å²) in [6.07, 6.45) is 0. The Morgan fingerprint density at radius 1 is 0.957 bits per heavy atom. The summed E-state index contributed by atoms with van der Waals surface area (Å²) in [5, 5.41) is 4.88. The van der Waals surface area contributed by atoms with E-state index in [4.69, 9.17) is 20.3 Å². The number of methoxy groups -OCH3 is 2. The van der Waals surface area contributed by atoms with E-state index in [0.717, 1.165) is 22.6 Å². The van der Waals surface area contributed by atoms with Gasteiger partial charge in [-0.3, -0.25) is 0 Å². The molecule has 7 heteroatoms. The molecule has 0 bridgehead atoms. The van der Waals surface area contributed by atoms with Gasteiger partial charge in [0.15, 0.2) is 11.5 Å². The average molecular weight is 338 g/mol. The highest BCUT2D eigenvalue weighted by Crippen LogP contribution is 2.27. The molecule has 0 heterocycles. The molecule has 0 unspecified atom stereocenters. The van der Waals surface area contributed by atoms with Gasteiger partial charge in [-0.1, -0.05) is 23.8 Å². The van der Waals surface area contributed by atoms with Gasteiger partial charge in [-0.05, 0) is 36.8 Å². The molecular weight excluding hydrogens is 316 g/mol. The van der Waals surface area contributed by atoms with Crippen LogP contribution in [0, 0.1) is 6.92 Å². The van der Waals surface area contributed by atoms with Gasteiger partial charge in [-0.15, -0.1) is 0 Å². The molecule has 2 rings (SSSR count). The van der Waals surface area contributed by atoms with Crippen LogP contribution in [0.25, 0.3) is 0 Å². The van der Waals surface area contributed by atoms with Crippen molar-refractivity contribution in [3.05, 3.63) is 53.6 Å². The summed E-state index contributed by atoms with van der Waals surface area (Å²) in [7, 11) is -0.299.